The van der Waals surface area contributed by atoms with E-state index in [1.807, 2.05) is 24.3 Å². The van der Waals surface area contributed by atoms with Crippen LogP contribution >= 0.6 is 0 Å². The molecule has 12 rings (SSSR count). The summed E-state index contributed by atoms with van der Waals surface area (Å²) in [5.74, 6) is 1.10. The van der Waals surface area contributed by atoms with Gasteiger partial charge in [0, 0.05) is 55.4 Å². The van der Waals surface area contributed by atoms with E-state index in [4.69, 9.17) is 13.6 Å². The van der Waals surface area contributed by atoms with Crippen molar-refractivity contribution in [3.8, 4) is 28.0 Å². The molecule has 5 nitrogen and oxygen atoms in total. The first-order valence-electron chi connectivity index (χ1n) is 19.6. The standard InChI is InChI=1S/C52H36N2O3/c1-2-13-31(14-3-1)52-53-44(30-45(54-52)43-23-12-22-42-39-17-6-9-26-48(39)57-51(42)43)34-28-32(35-18-10-20-40-37-15-4-7-24-46(37)55-49(35)40)27-33(29-34)36-19-11-21-41-38-16-5-8-25-47(38)56-50(36)41/h1-30,42,44,51-54H. The molecule has 7 aromatic carbocycles. The van der Waals surface area contributed by atoms with Gasteiger partial charge in [-0.2, -0.15) is 0 Å². The maximum absolute atomic E-state index is 6.70. The minimum atomic E-state index is -0.163. The highest BCUT2D eigenvalue weighted by Crippen LogP contribution is 2.46. The van der Waals surface area contributed by atoms with Crippen LogP contribution in [0, 0.1) is 0 Å². The fourth-order valence-electron chi connectivity index (χ4n) is 9.24. The Morgan fingerprint density at radius 2 is 1.14 bits per heavy atom. The van der Waals surface area contributed by atoms with Crippen LogP contribution in [0.4, 0.5) is 0 Å². The zero-order chi connectivity index (χ0) is 37.5. The van der Waals surface area contributed by atoms with Crippen LogP contribution < -0.4 is 15.4 Å². The summed E-state index contributed by atoms with van der Waals surface area (Å²) in [6.45, 7) is 0. The second-order valence-corrected chi connectivity index (χ2v) is 15.2. The van der Waals surface area contributed by atoms with Crippen LogP contribution in [0.25, 0.3) is 66.1 Å². The highest BCUT2D eigenvalue weighted by Gasteiger charge is 2.39. The van der Waals surface area contributed by atoms with Crippen molar-refractivity contribution in [3.63, 3.8) is 0 Å². The van der Waals surface area contributed by atoms with Crippen molar-refractivity contribution in [2.45, 2.75) is 24.2 Å². The van der Waals surface area contributed by atoms with Gasteiger partial charge in [-0.15, -0.1) is 0 Å². The number of allylic oxidation sites excluding steroid dienone is 2. The van der Waals surface area contributed by atoms with Crippen molar-refractivity contribution in [2.24, 2.45) is 0 Å². The molecule has 272 valence electrons. The van der Waals surface area contributed by atoms with Gasteiger partial charge in [-0.3, -0.25) is 5.32 Å². The highest BCUT2D eigenvalue weighted by molar-refractivity contribution is 6.11. The smallest absolute Gasteiger partial charge is 0.143 e. The van der Waals surface area contributed by atoms with Crippen LogP contribution in [0.2, 0.25) is 0 Å². The first-order chi connectivity index (χ1) is 28.2. The number of hydrogen-bond donors (Lipinski definition) is 2. The Balaban J connectivity index is 1.06. The first-order valence-corrected chi connectivity index (χ1v) is 19.6. The highest BCUT2D eigenvalue weighted by atomic mass is 16.5. The van der Waals surface area contributed by atoms with Gasteiger partial charge in [0.1, 0.15) is 40.4 Å². The summed E-state index contributed by atoms with van der Waals surface area (Å²) in [6, 6.07) is 55.3. The molecule has 3 aliphatic rings. The molecule has 4 atom stereocenters. The minimum Gasteiger partial charge on any atom is -0.484 e. The maximum atomic E-state index is 6.70. The lowest BCUT2D eigenvalue weighted by Crippen LogP contribution is -2.42. The van der Waals surface area contributed by atoms with E-state index >= 15 is 0 Å². The van der Waals surface area contributed by atoms with E-state index in [9.17, 15) is 0 Å². The molecule has 0 saturated heterocycles. The summed E-state index contributed by atoms with van der Waals surface area (Å²) in [7, 11) is 0. The van der Waals surface area contributed by atoms with E-state index in [0.717, 1.165) is 94.3 Å². The molecular formula is C52H36N2O3. The van der Waals surface area contributed by atoms with E-state index in [1.54, 1.807) is 0 Å². The quantitative estimate of drug-likeness (QED) is 0.184. The van der Waals surface area contributed by atoms with Crippen LogP contribution in [-0.2, 0) is 0 Å². The third kappa shape index (κ3) is 5.20. The fraction of sp³-hybridized carbons (Fsp3) is 0.0769. The molecule has 0 radical (unpaired) electrons. The lowest BCUT2D eigenvalue weighted by atomic mass is 9.84. The Morgan fingerprint density at radius 1 is 0.526 bits per heavy atom. The topological polar surface area (TPSA) is 59.6 Å². The van der Waals surface area contributed by atoms with Gasteiger partial charge in [0.05, 0.1) is 6.04 Å². The normalized spacial score (nSPS) is 19.9. The van der Waals surface area contributed by atoms with Gasteiger partial charge in [-0.1, -0.05) is 140 Å². The first kappa shape index (κ1) is 32.2. The largest absolute Gasteiger partial charge is 0.484 e. The fourth-order valence-corrected chi connectivity index (χ4v) is 9.24. The molecule has 5 heteroatoms. The molecule has 0 amide bonds. The van der Waals surface area contributed by atoms with E-state index < -0.39 is 0 Å². The van der Waals surface area contributed by atoms with E-state index in [-0.39, 0.29) is 24.2 Å². The molecule has 0 saturated carbocycles. The van der Waals surface area contributed by atoms with Crippen molar-refractivity contribution in [2.75, 3.05) is 0 Å². The average Bonchev–Trinajstić information content (AvgIpc) is 3.98. The predicted molar refractivity (Wildman–Crippen MR) is 229 cm³/mol. The summed E-state index contributed by atoms with van der Waals surface area (Å²) in [5, 5.41) is 12.3. The average molecular weight is 737 g/mol. The molecule has 1 aliphatic carbocycles. The number of furan rings is 2. The molecule has 2 aromatic heterocycles. The Bertz CT molecular complexity index is 3020. The molecule has 2 aliphatic heterocycles. The van der Waals surface area contributed by atoms with Crippen LogP contribution in [0.15, 0.2) is 202 Å². The molecular weight excluding hydrogens is 701 g/mol. The van der Waals surface area contributed by atoms with Gasteiger partial charge in [0.15, 0.2) is 0 Å². The lowest BCUT2D eigenvalue weighted by Gasteiger charge is -2.36. The van der Waals surface area contributed by atoms with Crippen LogP contribution in [0.3, 0.4) is 0 Å². The molecule has 0 spiro atoms. The van der Waals surface area contributed by atoms with Crippen LogP contribution in [0.5, 0.6) is 5.75 Å². The molecule has 0 bridgehead atoms. The molecule has 4 unspecified atom stereocenters. The lowest BCUT2D eigenvalue weighted by molar-refractivity contribution is 0.253. The molecule has 4 heterocycles. The van der Waals surface area contributed by atoms with Crippen molar-refractivity contribution >= 4 is 43.9 Å². The SMILES string of the molecule is C1=CC2c3ccccc3OC2C(C2=CC(c3cc(-c4cccc5c4oc4ccccc45)cc(-c4cccc5c4oc4ccccc45)c3)NC(c3ccccc3)N2)=C1. The van der Waals surface area contributed by atoms with Crippen LogP contribution in [0.1, 0.15) is 34.8 Å². The second kappa shape index (κ2) is 12.7. The third-order valence-corrected chi connectivity index (χ3v) is 11.9. The molecule has 57 heavy (non-hydrogen) atoms. The van der Waals surface area contributed by atoms with E-state index in [0.29, 0.717) is 0 Å². The van der Waals surface area contributed by atoms with E-state index in [1.165, 1.54) is 5.56 Å². The van der Waals surface area contributed by atoms with Crippen LogP contribution in [-0.4, -0.2) is 6.10 Å². The Labute approximate surface area is 329 Å². The number of ether oxygens (including phenoxy) is 1. The molecule has 9 aromatic rings. The minimum absolute atomic E-state index is 0.125. The van der Waals surface area contributed by atoms with Gasteiger partial charge in [-0.05, 0) is 64.7 Å². The summed E-state index contributed by atoms with van der Waals surface area (Å²) >= 11 is 0. The monoisotopic (exact) mass is 736 g/mol. The summed E-state index contributed by atoms with van der Waals surface area (Å²) in [5.41, 5.74) is 13.5. The van der Waals surface area contributed by atoms with Crippen molar-refractivity contribution in [1.29, 1.82) is 0 Å². The number of para-hydroxylation sites is 5. The van der Waals surface area contributed by atoms with Gasteiger partial charge in [0.25, 0.3) is 0 Å². The van der Waals surface area contributed by atoms with Gasteiger partial charge < -0.3 is 18.9 Å². The Morgan fingerprint density at radius 3 is 1.84 bits per heavy atom. The number of benzene rings is 7. The van der Waals surface area contributed by atoms with Gasteiger partial charge in [-0.25, -0.2) is 0 Å². The van der Waals surface area contributed by atoms with Crippen molar-refractivity contribution in [3.05, 3.63) is 210 Å². The maximum Gasteiger partial charge on any atom is 0.143 e. The van der Waals surface area contributed by atoms with Crippen molar-refractivity contribution < 1.29 is 13.6 Å². The Kier molecular flexibility index (Phi) is 7.19. The predicted octanol–water partition coefficient (Wildman–Crippen LogP) is 12.7. The van der Waals surface area contributed by atoms with Gasteiger partial charge >= 0.3 is 0 Å². The zero-order valence-electron chi connectivity index (χ0n) is 30.9. The summed E-state index contributed by atoms with van der Waals surface area (Å²) in [4.78, 5) is 0. The summed E-state index contributed by atoms with van der Waals surface area (Å²) in [6.07, 6.45) is 8.71. The number of rotatable bonds is 5. The third-order valence-electron chi connectivity index (χ3n) is 11.9. The number of hydrogen-bond acceptors (Lipinski definition) is 5. The second-order valence-electron chi connectivity index (χ2n) is 15.2. The zero-order valence-corrected chi connectivity index (χ0v) is 30.9. The number of nitrogens with one attached hydrogen (secondary N) is 2. The van der Waals surface area contributed by atoms with Gasteiger partial charge in [0.2, 0.25) is 0 Å². The number of fused-ring (bicyclic) bond motifs is 9. The Hall–Kier alpha value is -7.08. The van der Waals surface area contributed by atoms with Crippen molar-refractivity contribution in [1.82, 2.24) is 10.6 Å². The summed E-state index contributed by atoms with van der Waals surface area (Å²) < 4.78 is 20.0. The van der Waals surface area contributed by atoms with E-state index in [2.05, 4.69) is 168 Å². The molecule has 0 fully saturated rings. The molecule has 2 N–H and O–H groups in total.